The molecule has 1 aromatic heterocycles. The molecule has 12 heavy (non-hydrogen) atoms. The first-order chi connectivity index (χ1) is 5.66. The third kappa shape index (κ3) is 1.69. The van der Waals surface area contributed by atoms with E-state index in [0.29, 0.717) is 0 Å². The molecule has 0 radical (unpaired) electrons. The summed E-state index contributed by atoms with van der Waals surface area (Å²) in [5.41, 5.74) is -0.806. The topological polar surface area (TPSA) is 12.9 Å². The van der Waals surface area contributed by atoms with E-state index in [1.807, 2.05) is 0 Å². The summed E-state index contributed by atoms with van der Waals surface area (Å²) in [7, 11) is 0. The van der Waals surface area contributed by atoms with Crippen LogP contribution in [0.25, 0.3) is 0 Å². The molecule has 0 fully saturated rings. The average molecular weight is 196 g/mol. The van der Waals surface area contributed by atoms with Gasteiger partial charge in [-0.05, 0) is 6.07 Å². The van der Waals surface area contributed by atoms with Gasteiger partial charge in [-0.3, -0.25) is 4.98 Å². The summed E-state index contributed by atoms with van der Waals surface area (Å²) < 4.78 is 37.0. The van der Waals surface area contributed by atoms with Crippen LogP contribution in [0.1, 0.15) is 17.7 Å². The van der Waals surface area contributed by atoms with Gasteiger partial charge in [-0.15, -0.1) is 11.6 Å². The second kappa shape index (κ2) is 3.76. The first kappa shape index (κ1) is 9.32. The molecule has 0 aromatic carbocycles. The highest BCUT2D eigenvalue weighted by Gasteiger charge is 2.18. The lowest BCUT2D eigenvalue weighted by Gasteiger charge is -2.04. The van der Waals surface area contributed by atoms with Crippen molar-refractivity contribution in [2.75, 3.05) is 0 Å². The number of hydrogen-bond acceptors (Lipinski definition) is 1. The number of halogens is 4. The Morgan fingerprint density at radius 1 is 1.50 bits per heavy atom. The lowest BCUT2D eigenvalue weighted by atomic mass is 10.2. The van der Waals surface area contributed by atoms with E-state index in [1.54, 1.807) is 0 Å². The summed E-state index contributed by atoms with van der Waals surface area (Å²) in [6.45, 7) is 0. The molecule has 1 heterocycles. The highest BCUT2D eigenvalue weighted by Crippen LogP contribution is 2.25. The van der Waals surface area contributed by atoms with E-state index in [1.165, 1.54) is 0 Å². The maximum Gasteiger partial charge on any atom is 0.268 e. The van der Waals surface area contributed by atoms with Crippen molar-refractivity contribution in [3.8, 4) is 0 Å². The normalized spacial score (nSPS) is 10.8. The molecular weight excluding hydrogens is 191 g/mol. The number of hydrogen-bond donors (Lipinski definition) is 0. The van der Waals surface area contributed by atoms with Gasteiger partial charge in [0.2, 0.25) is 0 Å². The summed E-state index contributed by atoms with van der Waals surface area (Å²) in [4.78, 5) is 3.53. The largest absolute Gasteiger partial charge is 0.268 e. The van der Waals surface area contributed by atoms with Gasteiger partial charge in [-0.25, -0.2) is 13.2 Å². The third-order valence-corrected chi connectivity index (χ3v) is 1.62. The van der Waals surface area contributed by atoms with E-state index in [9.17, 15) is 13.2 Å². The van der Waals surface area contributed by atoms with Crippen LogP contribution in [0, 0.1) is 5.82 Å². The van der Waals surface area contributed by atoms with Gasteiger partial charge in [-0.2, -0.15) is 0 Å². The molecule has 1 nitrogen and oxygen atoms in total. The molecule has 1 aromatic rings. The lowest BCUT2D eigenvalue weighted by Crippen LogP contribution is -1.99. The van der Waals surface area contributed by atoms with E-state index < -0.39 is 17.8 Å². The van der Waals surface area contributed by atoms with Crippen LogP contribution in [-0.4, -0.2) is 4.98 Å². The summed E-state index contributed by atoms with van der Waals surface area (Å²) in [6, 6.07) is 0.886. The van der Waals surface area contributed by atoms with E-state index in [-0.39, 0.29) is 11.6 Å². The molecule has 1 rings (SSSR count). The van der Waals surface area contributed by atoms with Gasteiger partial charge in [-0.1, -0.05) is 0 Å². The zero-order valence-corrected chi connectivity index (χ0v) is 6.65. The minimum absolute atomic E-state index is 0.105. The van der Waals surface area contributed by atoms with Crippen LogP contribution in [-0.2, 0) is 5.88 Å². The van der Waals surface area contributed by atoms with Crippen LogP contribution < -0.4 is 0 Å². The molecule has 0 atom stereocenters. The molecule has 0 saturated heterocycles. The second-order valence-electron chi connectivity index (χ2n) is 2.09. The summed E-state index contributed by atoms with van der Waals surface area (Å²) in [5, 5.41) is 0. The Kier molecular flexibility index (Phi) is 2.92. The summed E-state index contributed by atoms with van der Waals surface area (Å²) in [5.74, 6) is -1.17. The van der Waals surface area contributed by atoms with Gasteiger partial charge in [0.15, 0.2) is 0 Å². The van der Waals surface area contributed by atoms with Crippen molar-refractivity contribution < 1.29 is 13.2 Å². The predicted octanol–water partition coefficient (Wildman–Crippen LogP) is 2.90. The summed E-state index contributed by atoms with van der Waals surface area (Å²) >= 11 is 5.29. The lowest BCUT2D eigenvalue weighted by molar-refractivity contribution is 0.144. The number of nitrogens with zero attached hydrogens (tertiary/aromatic N) is 1. The van der Waals surface area contributed by atoms with Gasteiger partial charge in [0, 0.05) is 6.20 Å². The molecule has 5 heteroatoms. The molecule has 0 aliphatic carbocycles. The number of rotatable bonds is 2. The molecule has 0 bridgehead atoms. The van der Waals surface area contributed by atoms with Crippen molar-refractivity contribution in [3.63, 3.8) is 0 Å². The predicted molar refractivity (Wildman–Crippen MR) is 38.7 cm³/mol. The highest BCUT2D eigenvalue weighted by molar-refractivity contribution is 6.17. The number of alkyl halides is 3. The Bertz CT molecular complexity index is 277. The van der Waals surface area contributed by atoms with Crippen molar-refractivity contribution in [2.45, 2.75) is 12.3 Å². The van der Waals surface area contributed by atoms with Crippen molar-refractivity contribution in [2.24, 2.45) is 0 Å². The van der Waals surface area contributed by atoms with Gasteiger partial charge in [0.25, 0.3) is 6.43 Å². The zero-order valence-electron chi connectivity index (χ0n) is 5.90. The second-order valence-corrected chi connectivity index (χ2v) is 2.35. The van der Waals surface area contributed by atoms with Gasteiger partial charge < -0.3 is 0 Å². The Morgan fingerprint density at radius 3 is 2.58 bits per heavy atom. The molecule has 0 unspecified atom stereocenters. The maximum atomic E-state index is 12.7. The standard InChI is InChI=1S/C7H5ClF3N/c8-3-5-6(7(10)11)4(9)1-2-12-5/h1-2,7H,3H2. The van der Waals surface area contributed by atoms with Crippen LogP contribution >= 0.6 is 11.6 Å². The van der Waals surface area contributed by atoms with Crippen molar-refractivity contribution in [1.29, 1.82) is 0 Å². The Balaban J connectivity index is 3.20. The molecule has 0 aliphatic heterocycles. The van der Waals surface area contributed by atoms with Crippen molar-refractivity contribution in [3.05, 3.63) is 29.3 Å². The quantitative estimate of drug-likeness (QED) is 0.662. The van der Waals surface area contributed by atoms with Crippen LogP contribution in [0.3, 0.4) is 0 Å². The first-order valence-corrected chi connectivity index (χ1v) is 3.67. The Hall–Kier alpha value is -0.770. The van der Waals surface area contributed by atoms with Crippen LogP contribution in [0.4, 0.5) is 13.2 Å². The van der Waals surface area contributed by atoms with E-state index >= 15 is 0 Å². The first-order valence-electron chi connectivity index (χ1n) is 3.14. The average Bonchev–Trinajstić information content (AvgIpc) is 2.03. The molecular formula is C7H5ClF3N. The highest BCUT2D eigenvalue weighted by atomic mass is 35.5. The number of pyridine rings is 1. The fourth-order valence-corrected chi connectivity index (χ4v) is 1.04. The molecule has 0 amide bonds. The fraction of sp³-hybridized carbons (Fsp3) is 0.286. The summed E-state index contributed by atoms with van der Waals surface area (Å²) in [6.07, 6.45) is -1.76. The van der Waals surface area contributed by atoms with Crippen LogP contribution in [0.2, 0.25) is 0 Å². The van der Waals surface area contributed by atoms with Crippen LogP contribution in [0.15, 0.2) is 12.3 Å². The van der Waals surface area contributed by atoms with Crippen molar-refractivity contribution in [1.82, 2.24) is 4.98 Å². The van der Waals surface area contributed by atoms with Gasteiger partial charge >= 0.3 is 0 Å². The van der Waals surface area contributed by atoms with Gasteiger partial charge in [0.1, 0.15) is 5.82 Å². The Labute approximate surface area is 72.2 Å². The molecule has 0 spiro atoms. The van der Waals surface area contributed by atoms with E-state index in [4.69, 9.17) is 11.6 Å². The maximum absolute atomic E-state index is 12.7. The van der Waals surface area contributed by atoms with Gasteiger partial charge in [0.05, 0.1) is 17.1 Å². The van der Waals surface area contributed by atoms with E-state index in [0.717, 1.165) is 12.3 Å². The molecule has 0 aliphatic rings. The van der Waals surface area contributed by atoms with E-state index in [2.05, 4.69) is 4.98 Å². The Morgan fingerprint density at radius 2 is 2.17 bits per heavy atom. The third-order valence-electron chi connectivity index (χ3n) is 1.36. The zero-order chi connectivity index (χ0) is 9.14. The fourth-order valence-electron chi connectivity index (χ4n) is 0.827. The van der Waals surface area contributed by atoms with Crippen molar-refractivity contribution >= 4 is 11.6 Å². The minimum Gasteiger partial charge on any atom is -0.259 e. The molecule has 0 N–H and O–H groups in total. The minimum atomic E-state index is -2.87. The SMILES string of the molecule is Fc1ccnc(CCl)c1C(F)F. The molecule has 0 saturated carbocycles. The number of aromatic nitrogens is 1. The smallest absolute Gasteiger partial charge is 0.259 e. The molecule has 66 valence electrons. The van der Waals surface area contributed by atoms with Crippen LogP contribution in [0.5, 0.6) is 0 Å². The monoisotopic (exact) mass is 195 g/mol.